The van der Waals surface area contributed by atoms with Crippen molar-refractivity contribution in [3.8, 4) is 0 Å². The van der Waals surface area contributed by atoms with Crippen LogP contribution >= 0.6 is 0 Å². The molecule has 0 aliphatic rings. The highest BCUT2D eigenvalue weighted by Gasteiger charge is 2.25. The SMILES string of the molecule is Cc1cccc(N(CC(=O)NC(C)(C)C)C(=O)CS(=O)CC(=O)Nc2ccc(F)cc2)c1C. The molecule has 2 aromatic rings. The molecule has 3 amide bonds. The normalized spacial score (nSPS) is 12.1. The minimum atomic E-state index is -1.81. The van der Waals surface area contributed by atoms with Crippen molar-refractivity contribution in [3.63, 3.8) is 0 Å². The Morgan fingerprint density at radius 3 is 2.21 bits per heavy atom. The van der Waals surface area contributed by atoms with Crippen molar-refractivity contribution >= 4 is 39.9 Å². The predicted molar refractivity (Wildman–Crippen MR) is 129 cm³/mol. The van der Waals surface area contributed by atoms with Crippen LogP contribution in [-0.2, 0) is 25.2 Å². The lowest BCUT2D eigenvalue weighted by atomic mass is 10.1. The fraction of sp³-hybridized carbons (Fsp3) is 0.375. The van der Waals surface area contributed by atoms with Crippen LogP contribution in [0.3, 0.4) is 0 Å². The molecule has 178 valence electrons. The van der Waals surface area contributed by atoms with Gasteiger partial charge in [0, 0.05) is 27.7 Å². The molecule has 1 atom stereocenters. The number of rotatable bonds is 8. The molecule has 1 unspecified atom stereocenters. The van der Waals surface area contributed by atoms with Gasteiger partial charge < -0.3 is 15.5 Å². The topological polar surface area (TPSA) is 95.6 Å². The summed E-state index contributed by atoms with van der Waals surface area (Å²) in [6, 6.07) is 10.6. The summed E-state index contributed by atoms with van der Waals surface area (Å²) in [6.45, 7) is 9.02. The van der Waals surface area contributed by atoms with E-state index in [-0.39, 0.29) is 12.5 Å². The zero-order valence-corrected chi connectivity index (χ0v) is 20.3. The molecule has 2 N–H and O–H groups in total. The molecule has 0 aromatic heterocycles. The van der Waals surface area contributed by atoms with Gasteiger partial charge in [0.1, 0.15) is 23.9 Å². The number of nitrogens with zero attached hydrogens (tertiary/aromatic N) is 1. The van der Waals surface area contributed by atoms with E-state index < -0.39 is 45.5 Å². The average Bonchev–Trinajstić information content (AvgIpc) is 2.68. The Hall–Kier alpha value is -3.07. The first kappa shape index (κ1) is 26.2. The number of carbonyl (C=O) groups excluding carboxylic acids is 3. The molecule has 9 heteroatoms. The fourth-order valence-corrected chi connectivity index (χ4v) is 3.98. The average molecular weight is 476 g/mol. The highest BCUT2D eigenvalue weighted by Crippen LogP contribution is 2.23. The first-order chi connectivity index (χ1) is 15.4. The molecule has 0 spiro atoms. The minimum absolute atomic E-state index is 0.237. The van der Waals surface area contributed by atoms with E-state index in [1.54, 1.807) is 12.1 Å². The van der Waals surface area contributed by atoms with Crippen LogP contribution in [0.25, 0.3) is 0 Å². The summed E-state index contributed by atoms with van der Waals surface area (Å²) in [6.07, 6.45) is 0. The molecule has 2 rings (SSSR count). The van der Waals surface area contributed by atoms with E-state index >= 15 is 0 Å². The van der Waals surface area contributed by atoms with E-state index in [4.69, 9.17) is 0 Å². The number of amides is 3. The van der Waals surface area contributed by atoms with Gasteiger partial charge in [-0.05, 0) is 76.1 Å². The van der Waals surface area contributed by atoms with Crippen LogP contribution in [0.5, 0.6) is 0 Å². The molecule has 7 nitrogen and oxygen atoms in total. The van der Waals surface area contributed by atoms with Gasteiger partial charge >= 0.3 is 0 Å². The first-order valence-corrected chi connectivity index (χ1v) is 11.9. The number of halogens is 1. The zero-order chi connectivity index (χ0) is 24.8. The summed E-state index contributed by atoms with van der Waals surface area (Å²) in [5.41, 5.74) is 2.21. The number of anilines is 2. The van der Waals surface area contributed by atoms with E-state index in [9.17, 15) is 23.0 Å². The van der Waals surface area contributed by atoms with Gasteiger partial charge in [0.2, 0.25) is 17.7 Å². The van der Waals surface area contributed by atoms with Crippen LogP contribution < -0.4 is 15.5 Å². The summed E-state index contributed by atoms with van der Waals surface area (Å²) in [5.74, 6) is -2.71. The number of nitrogens with one attached hydrogen (secondary N) is 2. The standard InChI is InChI=1S/C24H30FN3O4S/c1-16-7-6-8-20(17(16)2)28(13-21(29)27-24(3,4)5)23(31)15-33(32)14-22(30)26-19-11-9-18(25)10-12-19/h6-12H,13-15H2,1-5H3,(H,26,30)(H,27,29). The lowest BCUT2D eigenvalue weighted by molar-refractivity contribution is -0.124. The zero-order valence-electron chi connectivity index (χ0n) is 19.5. The third-order valence-corrected chi connectivity index (χ3v) is 5.84. The van der Waals surface area contributed by atoms with Gasteiger partial charge in [-0.1, -0.05) is 12.1 Å². The van der Waals surface area contributed by atoms with E-state index in [1.165, 1.54) is 29.2 Å². The number of benzene rings is 2. The van der Waals surface area contributed by atoms with Crippen molar-refractivity contribution in [2.24, 2.45) is 0 Å². The molecule has 0 aliphatic heterocycles. The maximum Gasteiger partial charge on any atom is 0.240 e. The van der Waals surface area contributed by atoms with Crippen molar-refractivity contribution in [3.05, 3.63) is 59.4 Å². The highest BCUT2D eigenvalue weighted by molar-refractivity contribution is 7.86. The third-order valence-electron chi connectivity index (χ3n) is 4.69. The van der Waals surface area contributed by atoms with Gasteiger partial charge in [0.15, 0.2) is 0 Å². The van der Waals surface area contributed by atoms with Crippen LogP contribution in [0.2, 0.25) is 0 Å². The summed E-state index contributed by atoms with van der Waals surface area (Å²) >= 11 is 0. The molecule has 2 aromatic carbocycles. The number of aryl methyl sites for hydroxylation is 1. The molecule has 0 heterocycles. The van der Waals surface area contributed by atoms with Gasteiger partial charge in [0.05, 0.1) is 0 Å². The summed E-state index contributed by atoms with van der Waals surface area (Å²) in [7, 11) is -1.81. The Labute approximate surface area is 196 Å². The van der Waals surface area contributed by atoms with Gasteiger partial charge in [-0.15, -0.1) is 0 Å². The van der Waals surface area contributed by atoms with Crippen molar-refractivity contribution in [2.75, 3.05) is 28.3 Å². The third kappa shape index (κ3) is 8.42. The Morgan fingerprint density at radius 2 is 1.61 bits per heavy atom. The van der Waals surface area contributed by atoms with Crippen molar-refractivity contribution in [1.82, 2.24) is 5.32 Å². The van der Waals surface area contributed by atoms with Gasteiger partial charge in [-0.25, -0.2) is 4.39 Å². The first-order valence-electron chi connectivity index (χ1n) is 10.4. The Kier molecular flexibility index (Phi) is 8.87. The van der Waals surface area contributed by atoms with Crippen molar-refractivity contribution in [1.29, 1.82) is 0 Å². The van der Waals surface area contributed by atoms with Crippen molar-refractivity contribution < 1.29 is 23.0 Å². The van der Waals surface area contributed by atoms with E-state index in [0.717, 1.165) is 11.1 Å². The fourth-order valence-electron chi connectivity index (χ4n) is 3.08. The predicted octanol–water partition coefficient (Wildman–Crippen LogP) is 3.08. The quantitative estimate of drug-likeness (QED) is 0.613. The van der Waals surface area contributed by atoms with Crippen LogP contribution in [0.1, 0.15) is 31.9 Å². The summed E-state index contributed by atoms with van der Waals surface area (Å²) in [4.78, 5) is 39.1. The molecule has 0 saturated carbocycles. The summed E-state index contributed by atoms with van der Waals surface area (Å²) < 4.78 is 25.5. The smallest absolute Gasteiger partial charge is 0.240 e. The van der Waals surface area contributed by atoms with Crippen LogP contribution in [0, 0.1) is 19.7 Å². The van der Waals surface area contributed by atoms with E-state index in [2.05, 4.69) is 10.6 Å². The largest absolute Gasteiger partial charge is 0.350 e. The van der Waals surface area contributed by atoms with Gasteiger partial charge in [0.25, 0.3) is 0 Å². The Bertz CT molecular complexity index is 1050. The molecule has 0 radical (unpaired) electrons. The Balaban J connectivity index is 2.12. The monoisotopic (exact) mass is 475 g/mol. The maximum atomic E-state index is 13.1. The number of carbonyl (C=O) groups is 3. The molecule has 0 bridgehead atoms. The number of hydrogen-bond acceptors (Lipinski definition) is 4. The van der Waals surface area contributed by atoms with E-state index in [0.29, 0.717) is 11.4 Å². The van der Waals surface area contributed by atoms with Crippen LogP contribution in [0.4, 0.5) is 15.8 Å². The second kappa shape index (κ2) is 11.2. The molecule has 0 aliphatic carbocycles. The molecular weight excluding hydrogens is 445 g/mol. The van der Waals surface area contributed by atoms with Crippen LogP contribution in [0.15, 0.2) is 42.5 Å². The summed E-state index contributed by atoms with van der Waals surface area (Å²) in [5, 5.41) is 5.35. The van der Waals surface area contributed by atoms with E-state index in [1.807, 2.05) is 40.7 Å². The minimum Gasteiger partial charge on any atom is -0.350 e. The highest BCUT2D eigenvalue weighted by atomic mass is 32.2. The van der Waals surface area contributed by atoms with Gasteiger partial charge in [-0.3, -0.25) is 18.6 Å². The molecule has 0 fully saturated rings. The van der Waals surface area contributed by atoms with Crippen molar-refractivity contribution in [2.45, 2.75) is 40.2 Å². The lowest BCUT2D eigenvalue weighted by Crippen LogP contribution is -2.48. The van der Waals surface area contributed by atoms with Gasteiger partial charge in [-0.2, -0.15) is 0 Å². The Morgan fingerprint density at radius 1 is 0.970 bits per heavy atom. The lowest BCUT2D eigenvalue weighted by Gasteiger charge is -2.27. The van der Waals surface area contributed by atoms with Crippen LogP contribution in [-0.4, -0.2) is 45.5 Å². The maximum absolute atomic E-state index is 13.1. The molecule has 0 saturated heterocycles. The molecule has 33 heavy (non-hydrogen) atoms. The number of hydrogen-bond donors (Lipinski definition) is 2. The second-order valence-electron chi connectivity index (χ2n) is 8.78. The second-order valence-corrected chi connectivity index (χ2v) is 10.2. The molecular formula is C24H30FN3O4S.